The van der Waals surface area contributed by atoms with Crippen molar-refractivity contribution in [1.82, 2.24) is 15.1 Å². The van der Waals surface area contributed by atoms with Crippen LogP contribution in [0.1, 0.15) is 68.7 Å². The quantitative estimate of drug-likeness (QED) is 0.724. The SMILES string of the molecule is CC(C)N(C)C(=O)C(CCN(C(C)C)C(C)C)NC(=O)OC(C)(C)C. The van der Waals surface area contributed by atoms with Crippen LogP contribution in [0.5, 0.6) is 0 Å². The second-order valence-electron chi connectivity index (χ2n) is 8.46. The van der Waals surface area contributed by atoms with Crippen molar-refractivity contribution in [2.75, 3.05) is 13.6 Å². The summed E-state index contributed by atoms with van der Waals surface area (Å²) in [4.78, 5) is 28.9. The number of likely N-dealkylation sites (N-methyl/N-ethyl adjacent to an activating group) is 1. The molecule has 6 nitrogen and oxygen atoms in total. The topological polar surface area (TPSA) is 61.9 Å². The predicted molar refractivity (Wildman–Crippen MR) is 103 cm³/mol. The van der Waals surface area contributed by atoms with Gasteiger partial charge in [0.05, 0.1) is 0 Å². The fraction of sp³-hybridized carbons (Fsp3) is 0.895. The molecule has 0 aliphatic carbocycles. The maximum Gasteiger partial charge on any atom is 0.408 e. The van der Waals surface area contributed by atoms with E-state index in [1.807, 2.05) is 34.6 Å². The van der Waals surface area contributed by atoms with E-state index in [0.717, 1.165) is 6.54 Å². The second-order valence-corrected chi connectivity index (χ2v) is 8.46. The molecule has 0 spiro atoms. The number of hydrogen-bond acceptors (Lipinski definition) is 4. The van der Waals surface area contributed by atoms with Crippen LogP contribution in [-0.2, 0) is 9.53 Å². The van der Waals surface area contributed by atoms with Crippen LogP contribution < -0.4 is 5.32 Å². The molecule has 0 saturated heterocycles. The molecule has 0 aromatic carbocycles. The van der Waals surface area contributed by atoms with E-state index in [2.05, 4.69) is 37.9 Å². The molecule has 0 heterocycles. The lowest BCUT2D eigenvalue weighted by Crippen LogP contribution is -2.52. The molecule has 0 bridgehead atoms. The minimum Gasteiger partial charge on any atom is -0.444 e. The third-order valence-corrected chi connectivity index (χ3v) is 4.11. The van der Waals surface area contributed by atoms with Gasteiger partial charge in [0.1, 0.15) is 11.6 Å². The number of hydrogen-bond donors (Lipinski definition) is 1. The molecule has 0 aliphatic rings. The van der Waals surface area contributed by atoms with E-state index in [9.17, 15) is 9.59 Å². The first kappa shape index (κ1) is 23.7. The Bertz CT molecular complexity index is 420. The van der Waals surface area contributed by atoms with Gasteiger partial charge >= 0.3 is 6.09 Å². The van der Waals surface area contributed by atoms with Gasteiger partial charge in [0, 0.05) is 31.7 Å². The lowest BCUT2D eigenvalue weighted by molar-refractivity contribution is -0.134. The van der Waals surface area contributed by atoms with Crippen molar-refractivity contribution in [2.45, 2.75) is 98.5 Å². The summed E-state index contributed by atoms with van der Waals surface area (Å²) in [7, 11) is 1.76. The third-order valence-electron chi connectivity index (χ3n) is 4.11. The lowest BCUT2D eigenvalue weighted by atomic mass is 10.1. The number of carbonyl (C=O) groups is 2. The van der Waals surface area contributed by atoms with Crippen LogP contribution in [0.25, 0.3) is 0 Å². The fourth-order valence-electron chi connectivity index (χ4n) is 2.60. The Morgan fingerprint density at radius 3 is 1.80 bits per heavy atom. The molecule has 148 valence electrons. The van der Waals surface area contributed by atoms with Crippen LogP contribution in [0, 0.1) is 0 Å². The lowest BCUT2D eigenvalue weighted by Gasteiger charge is -2.33. The highest BCUT2D eigenvalue weighted by Crippen LogP contribution is 2.11. The van der Waals surface area contributed by atoms with Gasteiger partial charge in [0.25, 0.3) is 0 Å². The molecule has 0 saturated carbocycles. The average Bonchev–Trinajstić information content (AvgIpc) is 2.41. The summed E-state index contributed by atoms with van der Waals surface area (Å²) < 4.78 is 5.33. The van der Waals surface area contributed by atoms with Gasteiger partial charge in [-0.3, -0.25) is 9.69 Å². The van der Waals surface area contributed by atoms with Crippen LogP contribution in [0.3, 0.4) is 0 Å². The van der Waals surface area contributed by atoms with Gasteiger partial charge in [-0.05, 0) is 68.7 Å². The number of alkyl carbamates (subject to hydrolysis) is 1. The summed E-state index contributed by atoms with van der Waals surface area (Å²) in [5.41, 5.74) is -0.594. The first-order valence-electron chi connectivity index (χ1n) is 9.28. The van der Waals surface area contributed by atoms with E-state index >= 15 is 0 Å². The standard InChI is InChI=1S/C19H39N3O3/c1-13(2)21(10)17(23)16(20-18(24)25-19(7,8)9)11-12-22(14(3)4)15(5)6/h13-16H,11-12H2,1-10H3,(H,20,24). The summed E-state index contributed by atoms with van der Waals surface area (Å²) in [5.74, 6) is -0.0895. The summed E-state index contributed by atoms with van der Waals surface area (Å²) in [6.45, 7) is 18.6. The summed E-state index contributed by atoms with van der Waals surface area (Å²) in [6.07, 6.45) is -0.00506. The van der Waals surface area contributed by atoms with E-state index in [1.54, 1.807) is 11.9 Å². The first-order chi connectivity index (χ1) is 11.3. The molecule has 1 N–H and O–H groups in total. The van der Waals surface area contributed by atoms with Crippen LogP contribution in [0.2, 0.25) is 0 Å². The van der Waals surface area contributed by atoms with E-state index in [-0.39, 0.29) is 11.9 Å². The molecular formula is C19H39N3O3. The Morgan fingerprint density at radius 1 is 0.960 bits per heavy atom. The number of carbonyl (C=O) groups excluding carboxylic acids is 2. The maximum absolute atomic E-state index is 12.8. The number of amides is 2. The normalized spacial score (nSPS) is 13.5. The molecule has 1 unspecified atom stereocenters. The van der Waals surface area contributed by atoms with Crippen molar-refractivity contribution < 1.29 is 14.3 Å². The van der Waals surface area contributed by atoms with Crippen molar-refractivity contribution >= 4 is 12.0 Å². The number of ether oxygens (including phenoxy) is 1. The Balaban J connectivity index is 5.13. The smallest absolute Gasteiger partial charge is 0.408 e. The molecule has 25 heavy (non-hydrogen) atoms. The van der Waals surface area contributed by atoms with Gasteiger partial charge in [-0.25, -0.2) is 4.79 Å². The monoisotopic (exact) mass is 357 g/mol. The fourth-order valence-corrected chi connectivity index (χ4v) is 2.60. The zero-order valence-corrected chi connectivity index (χ0v) is 17.8. The van der Waals surface area contributed by atoms with E-state index in [0.29, 0.717) is 18.5 Å². The maximum atomic E-state index is 12.8. The molecule has 0 rings (SSSR count). The van der Waals surface area contributed by atoms with Gasteiger partial charge in [-0.15, -0.1) is 0 Å². The first-order valence-corrected chi connectivity index (χ1v) is 9.28. The van der Waals surface area contributed by atoms with Crippen LogP contribution >= 0.6 is 0 Å². The highest BCUT2D eigenvalue weighted by atomic mass is 16.6. The summed E-state index contributed by atoms with van der Waals surface area (Å²) in [6, 6.07) is 0.226. The Morgan fingerprint density at radius 2 is 1.44 bits per heavy atom. The minimum absolute atomic E-state index is 0.0711. The Hall–Kier alpha value is -1.30. The number of nitrogens with zero attached hydrogens (tertiary/aromatic N) is 2. The van der Waals surface area contributed by atoms with E-state index in [1.165, 1.54) is 0 Å². The third kappa shape index (κ3) is 9.10. The van der Waals surface area contributed by atoms with Crippen LogP contribution in [0.15, 0.2) is 0 Å². The van der Waals surface area contributed by atoms with Gasteiger partial charge in [-0.2, -0.15) is 0 Å². The van der Waals surface area contributed by atoms with Crippen molar-refractivity contribution in [3.63, 3.8) is 0 Å². The molecule has 0 fully saturated rings. The molecule has 0 radical (unpaired) electrons. The van der Waals surface area contributed by atoms with Crippen LogP contribution in [0.4, 0.5) is 4.79 Å². The summed E-state index contributed by atoms with van der Waals surface area (Å²) >= 11 is 0. The Labute approximate surface area is 154 Å². The highest BCUT2D eigenvalue weighted by Gasteiger charge is 2.28. The molecule has 0 aliphatic heterocycles. The average molecular weight is 358 g/mol. The molecule has 1 atom stereocenters. The zero-order valence-electron chi connectivity index (χ0n) is 17.8. The van der Waals surface area contributed by atoms with Crippen molar-refractivity contribution in [3.8, 4) is 0 Å². The zero-order chi connectivity index (χ0) is 19.9. The van der Waals surface area contributed by atoms with Crippen molar-refractivity contribution in [2.24, 2.45) is 0 Å². The highest BCUT2D eigenvalue weighted by molar-refractivity contribution is 5.85. The number of rotatable bonds is 8. The Kier molecular flexibility index (Phi) is 9.48. The summed E-state index contributed by atoms with van der Waals surface area (Å²) in [5, 5.41) is 2.76. The van der Waals surface area contributed by atoms with E-state index < -0.39 is 17.7 Å². The molecule has 2 amide bonds. The van der Waals surface area contributed by atoms with Gasteiger partial charge in [0.2, 0.25) is 5.91 Å². The molecule has 6 heteroatoms. The largest absolute Gasteiger partial charge is 0.444 e. The van der Waals surface area contributed by atoms with Crippen LogP contribution in [-0.4, -0.2) is 65.2 Å². The number of nitrogens with one attached hydrogen (secondary N) is 1. The van der Waals surface area contributed by atoms with E-state index in [4.69, 9.17) is 4.74 Å². The molecule has 0 aromatic rings. The molecule has 0 aromatic heterocycles. The van der Waals surface area contributed by atoms with Gasteiger partial charge in [0.15, 0.2) is 0 Å². The van der Waals surface area contributed by atoms with Gasteiger partial charge < -0.3 is 15.0 Å². The minimum atomic E-state index is -0.595. The molecular weight excluding hydrogens is 318 g/mol. The van der Waals surface area contributed by atoms with Gasteiger partial charge in [-0.1, -0.05) is 0 Å². The second kappa shape index (κ2) is 10.00. The predicted octanol–water partition coefficient (Wildman–Crippen LogP) is 3.26. The van der Waals surface area contributed by atoms with Crippen molar-refractivity contribution in [3.05, 3.63) is 0 Å². The van der Waals surface area contributed by atoms with Crippen molar-refractivity contribution in [1.29, 1.82) is 0 Å².